The third-order valence-corrected chi connectivity index (χ3v) is 4.54. The summed E-state index contributed by atoms with van der Waals surface area (Å²) in [6.45, 7) is 0.817. The third-order valence-electron chi connectivity index (χ3n) is 2.57. The van der Waals surface area contributed by atoms with Crippen molar-refractivity contribution in [2.45, 2.75) is 12.8 Å². The number of rotatable bonds is 3. The van der Waals surface area contributed by atoms with E-state index in [1.807, 2.05) is 0 Å². The van der Waals surface area contributed by atoms with Crippen molar-refractivity contribution in [2.24, 2.45) is 11.8 Å². The fraction of sp³-hybridized carbons (Fsp3) is 0.875. The topological polar surface area (TPSA) is 61.2 Å². The second-order valence-electron chi connectivity index (χ2n) is 3.86. The van der Waals surface area contributed by atoms with Crippen molar-refractivity contribution in [1.29, 1.82) is 5.26 Å². The monoisotopic (exact) mass is 200 g/mol. The molecule has 0 N–H and O–H groups in total. The predicted molar refractivity (Wildman–Crippen MR) is 47.2 cm³/mol. The van der Waals surface area contributed by atoms with Crippen molar-refractivity contribution in [3.63, 3.8) is 0 Å². The van der Waals surface area contributed by atoms with Gasteiger partial charge < -0.3 is 0 Å². The number of hydrogen-bond acceptors (Lipinski definition) is 3. The first-order valence-electron chi connectivity index (χ1n) is 4.49. The van der Waals surface area contributed by atoms with Crippen LogP contribution in [0.1, 0.15) is 12.8 Å². The number of sulfonamides is 1. The van der Waals surface area contributed by atoms with Crippen LogP contribution in [0.25, 0.3) is 0 Å². The van der Waals surface area contributed by atoms with Gasteiger partial charge in [-0.3, -0.25) is 0 Å². The Morgan fingerprint density at radius 1 is 1.38 bits per heavy atom. The van der Waals surface area contributed by atoms with Crippen molar-refractivity contribution in [2.75, 3.05) is 18.8 Å². The van der Waals surface area contributed by atoms with E-state index in [0.717, 1.165) is 12.8 Å². The summed E-state index contributed by atoms with van der Waals surface area (Å²) in [7, 11) is -3.02. The molecule has 0 radical (unpaired) electrons. The Labute approximate surface area is 78.2 Å². The van der Waals surface area contributed by atoms with E-state index in [-0.39, 0.29) is 5.92 Å². The Kier molecular flexibility index (Phi) is 2.05. The number of hydrogen-bond donors (Lipinski definition) is 0. The molecule has 5 heteroatoms. The van der Waals surface area contributed by atoms with Crippen LogP contribution < -0.4 is 0 Å². The van der Waals surface area contributed by atoms with Crippen molar-refractivity contribution in [3.05, 3.63) is 0 Å². The Hall–Kier alpha value is -0.600. The van der Waals surface area contributed by atoms with Crippen LogP contribution in [0.15, 0.2) is 0 Å². The highest BCUT2D eigenvalue weighted by Gasteiger charge is 2.38. The minimum Gasteiger partial charge on any atom is -0.212 e. The third kappa shape index (κ3) is 1.84. The van der Waals surface area contributed by atoms with Gasteiger partial charge in [0.15, 0.2) is 0 Å². The molecule has 0 atom stereocenters. The summed E-state index contributed by atoms with van der Waals surface area (Å²) >= 11 is 0. The molecule has 2 rings (SSSR count). The summed E-state index contributed by atoms with van der Waals surface area (Å²) < 4.78 is 24.5. The molecule has 4 nitrogen and oxygen atoms in total. The highest BCUT2D eigenvalue weighted by molar-refractivity contribution is 7.89. The molecule has 0 amide bonds. The zero-order valence-corrected chi connectivity index (χ0v) is 8.13. The minimum absolute atomic E-state index is 0.0750. The smallest absolute Gasteiger partial charge is 0.212 e. The zero-order chi connectivity index (χ0) is 9.47. The second-order valence-corrected chi connectivity index (χ2v) is 5.88. The standard InChI is InChI=1S/C8H12N2O2S/c9-3-8-4-10(5-8)13(11,12)6-7-1-2-7/h7-8H,1-2,4-6H2. The SMILES string of the molecule is N#CC1CN(S(=O)(=O)CC2CC2)C1. The molecular weight excluding hydrogens is 188 g/mol. The molecule has 13 heavy (non-hydrogen) atoms. The highest BCUT2D eigenvalue weighted by Crippen LogP contribution is 2.32. The van der Waals surface area contributed by atoms with Crippen molar-refractivity contribution in [1.82, 2.24) is 4.31 Å². The van der Waals surface area contributed by atoms with Gasteiger partial charge >= 0.3 is 0 Å². The van der Waals surface area contributed by atoms with E-state index in [1.165, 1.54) is 4.31 Å². The Bertz CT molecular complexity index is 334. The largest absolute Gasteiger partial charge is 0.214 e. The first-order chi connectivity index (χ1) is 6.12. The van der Waals surface area contributed by atoms with Crippen LogP contribution in [-0.4, -0.2) is 31.6 Å². The fourth-order valence-electron chi connectivity index (χ4n) is 1.43. The van der Waals surface area contributed by atoms with Crippen LogP contribution >= 0.6 is 0 Å². The van der Waals surface area contributed by atoms with E-state index in [0.29, 0.717) is 24.8 Å². The van der Waals surface area contributed by atoms with E-state index in [9.17, 15) is 8.42 Å². The average molecular weight is 200 g/mol. The van der Waals surface area contributed by atoms with Gasteiger partial charge in [0, 0.05) is 13.1 Å². The van der Waals surface area contributed by atoms with E-state index in [2.05, 4.69) is 6.07 Å². The lowest BCUT2D eigenvalue weighted by Crippen LogP contribution is -2.50. The molecule has 2 fully saturated rings. The van der Waals surface area contributed by atoms with E-state index in [1.54, 1.807) is 0 Å². The molecule has 2 aliphatic rings. The molecule has 0 aromatic rings. The maximum atomic E-state index is 11.5. The lowest BCUT2D eigenvalue weighted by atomic mass is 10.1. The van der Waals surface area contributed by atoms with E-state index in [4.69, 9.17) is 5.26 Å². The van der Waals surface area contributed by atoms with Crippen LogP contribution in [0.2, 0.25) is 0 Å². The van der Waals surface area contributed by atoms with Crippen LogP contribution in [0.5, 0.6) is 0 Å². The number of nitrogens with zero attached hydrogens (tertiary/aromatic N) is 2. The summed E-state index contributed by atoms with van der Waals surface area (Å²) in [5.41, 5.74) is 0. The van der Waals surface area contributed by atoms with Gasteiger partial charge in [-0.15, -0.1) is 0 Å². The summed E-state index contributed by atoms with van der Waals surface area (Å²) in [6.07, 6.45) is 2.10. The van der Waals surface area contributed by atoms with Gasteiger partial charge in [-0.2, -0.15) is 9.57 Å². The van der Waals surface area contributed by atoms with Crippen LogP contribution in [0, 0.1) is 23.2 Å². The molecule has 1 aliphatic carbocycles. The van der Waals surface area contributed by atoms with Crippen LogP contribution in [0.4, 0.5) is 0 Å². The molecule has 1 aliphatic heterocycles. The lowest BCUT2D eigenvalue weighted by molar-refractivity contribution is 0.248. The van der Waals surface area contributed by atoms with Gasteiger partial charge in [0.2, 0.25) is 10.0 Å². The molecule has 72 valence electrons. The highest BCUT2D eigenvalue weighted by atomic mass is 32.2. The van der Waals surface area contributed by atoms with Crippen LogP contribution in [-0.2, 0) is 10.0 Å². The molecule has 1 saturated heterocycles. The molecule has 1 saturated carbocycles. The Morgan fingerprint density at radius 3 is 2.46 bits per heavy atom. The predicted octanol–water partition coefficient (Wildman–Crippen LogP) is 0.182. The summed E-state index contributed by atoms with van der Waals surface area (Å²) in [5, 5.41) is 8.49. The molecule has 0 aromatic heterocycles. The number of nitriles is 1. The Balaban J connectivity index is 1.90. The maximum Gasteiger partial charge on any atom is 0.214 e. The van der Waals surface area contributed by atoms with E-state index < -0.39 is 10.0 Å². The fourth-order valence-corrected chi connectivity index (χ4v) is 3.39. The van der Waals surface area contributed by atoms with Gasteiger partial charge in [0.1, 0.15) is 0 Å². The van der Waals surface area contributed by atoms with Gasteiger partial charge in [0.05, 0.1) is 17.7 Å². The van der Waals surface area contributed by atoms with Crippen molar-refractivity contribution in [3.8, 4) is 6.07 Å². The normalized spacial score (nSPS) is 25.2. The quantitative estimate of drug-likeness (QED) is 0.653. The summed E-state index contributed by atoms with van der Waals surface area (Å²) in [4.78, 5) is 0. The minimum atomic E-state index is -3.02. The first-order valence-corrected chi connectivity index (χ1v) is 6.10. The van der Waals surface area contributed by atoms with Gasteiger partial charge in [0.25, 0.3) is 0 Å². The van der Waals surface area contributed by atoms with Crippen molar-refractivity contribution < 1.29 is 8.42 Å². The molecule has 0 bridgehead atoms. The zero-order valence-electron chi connectivity index (χ0n) is 7.31. The first kappa shape index (κ1) is 8.97. The lowest BCUT2D eigenvalue weighted by Gasteiger charge is -2.33. The van der Waals surface area contributed by atoms with Crippen LogP contribution in [0.3, 0.4) is 0 Å². The maximum absolute atomic E-state index is 11.5. The average Bonchev–Trinajstić information content (AvgIpc) is 2.67. The Morgan fingerprint density at radius 2 is 2.00 bits per heavy atom. The van der Waals surface area contributed by atoms with E-state index >= 15 is 0 Å². The molecular formula is C8H12N2O2S. The molecule has 0 spiro atoms. The molecule has 1 heterocycles. The molecule has 0 unspecified atom stereocenters. The summed E-state index contributed by atoms with van der Waals surface area (Å²) in [6, 6.07) is 2.07. The summed E-state index contributed by atoms with van der Waals surface area (Å²) in [5.74, 6) is 0.616. The van der Waals surface area contributed by atoms with Gasteiger partial charge in [-0.25, -0.2) is 8.42 Å². The molecule has 0 aromatic carbocycles. The van der Waals surface area contributed by atoms with Gasteiger partial charge in [-0.05, 0) is 18.8 Å². The second kappa shape index (κ2) is 2.96. The van der Waals surface area contributed by atoms with Crippen molar-refractivity contribution >= 4 is 10.0 Å². The van der Waals surface area contributed by atoms with Gasteiger partial charge in [-0.1, -0.05) is 0 Å².